The van der Waals surface area contributed by atoms with Crippen LogP contribution in [0.4, 0.5) is 11.4 Å². The highest BCUT2D eigenvalue weighted by molar-refractivity contribution is 5.77. The monoisotopic (exact) mass is 254 g/mol. The second-order valence-electron chi connectivity index (χ2n) is 3.56. The summed E-state index contributed by atoms with van der Waals surface area (Å²) in [6.45, 7) is 1.70. The maximum atomic E-state index is 11.1. The van der Waals surface area contributed by atoms with Gasteiger partial charge in [-0.05, 0) is 19.1 Å². The normalized spacial score (nSPS) is 9.89. The summed E-state index contributed by atoms with van der Waals surface area (Å²) in [7, 11) is 1.48. The maximum Gasteiger partial charge on any atom is 0.333 e. The number of benzene rings is 1. The Morgan fingerprint density at radius 1 is 1.56 bits per heavy atom. The first-order valence-electron chi connectivity index (χ1n) is 5.30. The van der Waals surface area contributed by atoms with E-state index in [0.29, 0.717) is 6.61 Å². The van der Waals surface area contributed by atoms with Crippen LogP contribution in [-0.2, 0) is 4.79 Å². The van der Waals surface area contributed by atoms with E-state index < -0.39 is 10.9 Å². The summed E-state index contributed by atoms with van der Waals surface area (Å²) in [6.07, 6.45) is 0. The van der Waals surface area contributed by atoms with Crippen LogP contribution in [0.1, 0.15) is 6.92 Å². The predicted molar refractivity (Wildman–Crippen MR) is 65.2 cm³/mol. The Labute approximate surface area is 104 Å². The Morgan fingerprint density at radius 2 is 2.22 bits per heavy atom. The van der Waals surface area contributed by atoms with Gasteiger partial charge in [0.1, 0.15) is 12.2 Å². The van der Waals surface area contributed by atoms with E-state index in [4.69, 9.17) is 9.84 Å². The molecule has 1 rings (SSSR count). The molecular formula is C11H14N2O5. The third-order valence-electron chi connectivity index (χ3n) is 2.24. The first-order chi connectivity index (χ1) is 8.47. The number of likely N-dealkylation sites (N-methyl/N-ethyl adjacent to an activating group) is 1. The smallest absolute Gasteiger partial charge is 0.333 e. The van der Waals surface area contributed by atoms with Crippen LogP contribution in [0.2, 0.25) is 0 Å². The van der Waals surface area contributed by atoms with E-state index in [0.717, 1.165) is 0 Å². The molecule has 0 heterocycles. The predicted octanol–water partition coefficient (Wildman–Crippen LogP) is 1.51. The van der Waals surface area contributed by atoms with Crippen molar-refractivity contribution in [3.63, 3.8) is 0 Å². The number of carbonyl (C=O) groups is 1. The van der Waals surface area contributed by atoms with Gasteiger partial charge in [-0.2, -0.15) is 0 Å². The van der Waals surface area contributed by atoms with Crippen LogP contribution >= 0.6 is 0 Å². The minimum atomic E-state index is -1.06. The van der Waals surface area contributed by atoms with E-state index in [1.54, 1.807) is 13.0 Å². The molecule has 0 saturated carbocycles. The number of anilines is 1. The Kier molecular flexibility index (Phi) is 4.47. The lowest BCUT2D eigenvalue weighted by molar-refractivity contribution is -0.385. The van der Waals surface area contributed by atoms with Crippen molar-refractivity contribution in [2.45, 2.75) is 6.92 Å². The number of rotatable bonds is 6. The highest BCUT2D eigenvalue weighted by Crippen LogP contribution is 2.36. The van der Waals surface area contributed by atoms with Crippen molar-refractivity contribution in [2.24, 2.45) is 0 Å². The lowest BCUT2D eigenvalue weighted by Crippen LogP contribution is -2.25. The van der Waals surface area contributed by atoms with E-state index in [2.05, 4.69) is 0 Å². The molecule has 0 bridgehead atoms. The highest BCUT2D eigenvalue weighted by atomic mass is 16.6. The molecule has 0 aliphatic heterocycles. The minimum absolute atomic E-state index is 0.136. The molecule has 0 spiro atoms. The maximum absolute atomic E-state index is 11.1. The van der Waals surface area contributed by atoms with Crippen molar-refractivity contribution in [2.75, 3.05) is 25.1 Å². The number of carboxylic acid groups (broad SMARTS) is 1. The molecule has 0 atom stereocenters. The van der Waals surface area contributed by atoms with Gasteiger partial charge in [-0.15, -0.1) is 0 Å². The van der Waals surface area contributed by atoms with Crippen LogP contribution in [0.15, 0.2) is 18.2 Å². The summed E-state index contributed by atoms with van der Waals surface area (Å²) in [4.78, 5) is 22.4. The molecule has 1 aromatic carbocycles. The van der Waals surface area contributed by atoms with Gasteiger partial charge < -0.3 is 14.7 Å². The SMILES string of the molecule is CCOc1cccc(N(C)CC(=O)O)c1[N+](=O)[O-]. The number of para-hydroxylation sites is 1. The standard InChI is InChI=1S/C11H14N2O5/c1-3-18-9-6-4-5-8(11(9)13(16)17)12(2)7-10(14)15/h4-6H,3,7H2,1-2H3,(H,14,15). The van der Waals surface area contributed by atoms with Gasteiger partial charge in [0, 0.05) is 7.05 Å². The number of aliphatic carboxylic acids is 1. The van der Waals surface area contributed by atoms with Crippen LogP contribution in [0.25, 0.3) is 0 Å². The van der Waals surface area contributed by atoms with Gasteiger partial charge >= 0.3 is 11.7 Å². The molecule has 0 radical (unpaired) electrons. The Bertz CT molecular complexity index is 461. The van der Waals surface area contributed by atoms with Crippen LogP contribution < -0.4 is 9.64 Å². The zero-order chi connectivity index (χ0) is 13.7. The highest BCUT2D eigenvalue weighted by Gasteiger charge is 2.24. The van der Waals surface area contributed by atoms with Crippen molar-refractivity contribution >= 4 is 17.3 Å². The Morgan fingerprint density at radius 3 is 2.72 bits per heavy atom. The molecule has 0 unspecified atom stereocenters. The molecular weight excluding hydrogens is 240 g/mol. The number of nitro benzene ring substituents is 1. The molecule has 7 heteroatoms. The molecule has 1 N–H and O–H groups in total. The molecule has 18 heavy (non-hydrogen) atoms. The van der Waals surface area contributed by atoms with E-state index in [1.165, 1.54) is 24.1 Å². The van der Waals surface area contributed by atoms with Gasteiger partial charge in [-0.25, -0.2) is 0 Å². The van der Waals surface area contributed by atoms with Gasteiger partial charge in [-0.1, -0.05) is 6.07 Å². The third-order valence-corrected chi connectivity index (χ3v) is 2.24. The molecule has 0 aromatic heterocycles. The quantitative estimate of drug-likeness (QED) is 0.611. The zero-order valence-electron chi connectivity index (χ0n) is 10.1. The number of nitrogens with zero attached hydrogens (tertiary/aromatic N) is 2. The number of hydrogen-bond acceptors (Lipinski definition) is 5. The average molecular weight is 254 g/mol. The lowest BCUT2D eigenvalue weighted by Gasteiger charge is -2.17. The van der Waals surface area contributed by atoms with Crippen molar-refractivity contribution in [1.82, 2.24) is 0 Å². The largest absolute Gasteiger partial charge is 0.487 e. The average Bonchev–Trinajstić information content (AvgIpc) is 2.27. The van der Waals surface area contributed by atoms with Crippen molar-refractivity contribution in [3.8, 4) is 5.75 Å². The summed E-state index contributed by atoms with van der Waals surface area (Å²) in [5.74, 6) is -0.925. The number of carboxylic acids is 1. The molecule has 7 nitrogen and oxygen atoms in total. The van der Waals surface area contributed by atoms with Crippen LogP contribution in [-0.4, -0.2) is 36.2 Å². The summed E-state index contributed by atoms with van der Waals surface area (Å²) >= 11 is 0. The molecule has 0 amide bonds. The van der Waals surface area contributed by atoms with Gasteiger partial charge in [0.25, 0.3) is 0 Å². The fourth-order valence-corrected chi connectivity index (χ4v) is 1.56. The fraction of sp³-hybridized carbons (Fsp3) is 0.364. The number of ether oxygens (including phenoxy) is 1. The second-order valence-corrected chi connectivity index (χ2v) is 3.56. The molecule has 0 fully saturated rings. The number of nitro groups is 1. The van der Waals surface area contributed by atoms with E-state index in [-0.39, 0.29) is 23.7 Å². The van der Waals surface area contributed by atoms with Gasteiger partial charge in [0.05, 0.1) is 11.5 Å². The van der Waals surface area contributed by atoms with Crippen LogP contribution in [0, 0.1) is 10.1 Å². The fourth-order valence-electron chi connectivity index (χ4n) is 1.56. The first kappa shape index (κ1) is 13.8. The number of hydrogen-bond donors (Lipinski definition) is 1. The van der Waals surface area contributed by atoms with E-state index in [1.807, 2.05) is 0 Å². The van der Waals surface area contributed by atoms with E-state index in [9.17, 15) is 14.9 Å². The third kappa shape index (κ3) is 3.09. The van der Waals surface area contributed by atoms with Crippen molar-refractivity contribution < 1.29 is 19.6 Å². The summed E-state index contributed by atoms with van der Waals surface area (Å²) in [6, 6.07) is 4.56. The Hall–Kier alpha value is -2.31. The molecule has 0 aliphatic carbocycles. The summed E-state index contributed by atoms with van der Waals surface area (Å²) in [5, 5.41) is 19.8. The van der Waals surface area contributed by atoms with Gasteiger partial charge in [-0.3, -0.25) is 14.9 Å². The van der Waals surface area contributed by atoms with Crippen molar-refractivity contribution in [1.29, 1.82) is 0 Å². The van der Waals surface area contributed by atoms with Crippen LogP contribution in [0.5, 0.6) is 5.75 Å². The van der Waals surface area contributed by atoms with Crippen molar-refractivity contribution in [3.05, 3.63) is 28.3 Å². The molecule has 0 saturated heterocycles. The first-order valence-corrected chi connectivity index (χ1v) is 5.30. The zero-order valence-corrected chi connectivity index (χ0v) is 10.1. The van der Waals surface area contributed by atoms with E-state index >= 15 is 0 Å². The molecule has 98 valence electrons. The lowest BCUT2D eigenvalue weighted by atomic mass is 10.2. The topological polar surface area (TPSA) is 92.9 Å². The second kappa shape index (κ2) is 5.85. The molecule has 0 aliphatic rings. The Balaban J connectivity index is 3.21. The summed E-state index contributed by atoms with van der Waals surface area (Å²) < 4.78 is 5.18. The minimum Gasteiger partial charge on any atom is -0.487 e. The van der Waals surface area contributed by atoms with Gasteiger partial charge in [0.15, 0.2) is 5.75 Å². The van der Waals surface area contributed by atoms with Gasteiger partial charge in [0.2, 0.25) is 0 Å². The summed E-state index contributed by atoms with van der Waals surface area (Å²) in [5.41, 5.74) is -0.00329. The van der Waals surface area contributed by atoms with Crippen LogP contribution in [0.3, 0.4) is 0 Å². The molecule has 1 aromatic rings.